The standard InChI is InChI=1S/C10H21O/c1-4-7-9-11-10(6-3)8-5-2/h10H,1,4-9H2,2-3H3. The van der Waals surface area contributed by atoms with E-state index in [0.717, 1.165) is 25.9 Å². The van der Waals surface area contributed by atoms with Gasteiger partial charge in [-0.3, -0.25) is 0 Å². The maximum atomic E-state index is 5.63. The quantitative estimate of drug-likeness (QED) is 0.516. The molecule has 0 bridgehead atoms. The van der Waals surface area contributed by atoms with E-state index in [1.807, 2.05) is 0 Å². The van der Waals surface area contributed by atoms with Crippen molar-refractivity contribution in [3.8, 4) is 0 Å². The molecule has 11 heavy (non-hydrogen) atoms. The Kier molecular flexibility index (Phi) is 8.03. The van der Waals surface area contributed by atoms with Gasteiger partial charge >= 0.3 is 0 Å². The van der Waals surface area contributed by atoms with Crippen LogP contribution in [-0.4, -0.2) is 12.7 Å². The van der Waals surface area contributed by atoms with Gasteiger partial charge in [0.1, 0.15) is 0 Å². The SMILES string of the molecule is [CH2]CCCOC(CC)CCC. The van der Waals surface area contributed by atoms with Crippen molar-refractivity contribution < 1.29 is 4.74 Å². The Morgan fingerprint density at radius 2 is 2.09 bits per heavy atom. The number of hydrogen-bond donors (Lipinski definition) is 0. The van der Waals surface area contributed by atoms with Gasteiger partial charge in [-0.25, -0.2) is 0 Å². The van der Waals surface area contributed by atoms with Crippen molar-refractivity contribution in [3.63, 3.8) is 0 Å². The van der Waals surface area contributed by atoms with Crippen LogP contribution in [0.15, 0.2) is 0 Å². The highest BCUT2D eigenvalue weighted by molar-refractivity contribution is 4.53. The molecule has 0 saturated carbocycles. The fourth-order valence-electron chi connectivity index (χ4n) is 1.08. The smallest absolute Gasteiger partial charge is 0.0572 e. The fraction of sp³-hybridized carbons (Fsp3) is 0.900. The topological polar surface area (TPSA) is 9.23 Å². The van der Waals surface area contributed by atoms with Gasteiger partial charge in [-0.05, 0) is 19.3 Å². The van der Waals surface area contributed by atoms with Crippen LogP contribution >= 0.6 is 0 Å². The summed E-state index contributed by atoms with van der Waals surface area (Å²) in [5.41, 5.74) is 0. The Balaban J connectivity index is 3.20. The summed E-state index contributed by atoms with van der Waals surface area (Å²) in [6.07, 6.45) is 6.15. The maximum Gasteiger partial charge on any atom is 0.0572 e. The molecular formula is C10H21O. The molecular weight excluding hydrogens is 136 g/mol. The lowest BCUT2D eigenvalue weighted by molar-refractivity contribution is 0.0433. The minimum atomic E-state index is 0.492. The number of ether oxygens (including phenoxy) is 1. The van der Waals surface area contributed by atoms with Crippen LogP contribution < -0.4 is 0 Å². The first kappa shape index (κ1) is 11.0. The van der Waals surface area contributed by atoms with E-state index in [1.165, 1.54) is 12.8 Å². The fourth-order valence-corrected chi connectivity index (χ4v) is 1.08. The zero-order chi connectivity index (χ0) is 8.53. The second kappa shape index (κ2) is 8.06. The normalized spacial score (nSPS) is 13.4. The van der Waals surface area contributed by atoms with Crippen molar-refractivity contribution in [1.82, 2.24) is 0 Å². The third-order valence-electron chi connectivity index (χ3n) is 1.81. The van der Waals surface area contributed by atoms with Crippen LogP contribution in [0.1, 0.15) is 46.0 Å². The van der Waals surface area contributed by atoms with Crippen molar-refractivity contribution in [2.45, 2.75) is 52.1 Å². The van der Waals surface area contributed by atoms with Gasteiger partial charge in [0.05, 0.1) is 6.10 Å². The van der Waals surface area contributed by atoms with Crippen LogP contribution in [-0.2, 0) is 4.74 Å². The monoisotopic (exact) mass is 157 g/mol. The first-order valence-electron chi connectivity index (χ1n) is 4.76. The highest BCUT2D eigenvalue weighted by Gasteiger charge is 2.03. The molecule has 67 valence electrons. The summed E-state index contributed by atoms with van der Waals surface area (Å²) < 4.78 is 5.63. The average Bonchev–Trinajstić information content (AvgIpc) is 2.03. The molecule has 1 unspecified atom stereocenters. The second-order valence-corrected chi connectivity index (χ2v) is 2.90. The zero-order valence-electron chi connectivity index (χ0n) is 7.94. The molecule has 0 aromatic heterocycles. The highest BCUT2D eigenvalue weighted by Crippen LogP contribution is 2.06. The van der Waals surface area contributed by atoms with Gasteiger partial charge in [-0.2, -0.15) is 0 Å². The lowest BCUT2D eigenvalue weighted by Gasteiger charge is -2.14. The van der Waals surface area contributed by atoms with E-state index in [1.54, 1.807) is 0 Å². The van der Waals surface area contributed by atoms with Gasteiger partial charge < -0.3 is 4.74 Å². The lowest BCUT2D eigenvalue weighted by atomic mass is 10.1. The van der Waals surface area contributed by atoms with E-state index < -0.39 is 0 Å². The van der Waals surface area contributed by atoms with Gasteiger partial charge in [0.15, 0.2) is 0 Å². The Morgan fingerprint density at radius 1 is 1.36 bits per heavy atom. The Hall–Kier alpha value is -0.0400. The summed E-state index contributed by atoms with van der Waals surface area (Å²) >= 11 is 0. The minimum absolute atomic E-state index is 0.492. The van der Waals surface area contributed by atoms with Crippen LogP contribution in [0, 0.1) is 6.92 Å². The molecule has 1 radical (unpaired) electrons. The van der Waals surface area contributed by atoms with Crippen molar-refractivity contribution in [2.75, 3.05) is 6.61 Å². The molecule has 0 heterocycles. The van der Waals surface area contributed by atoms with Crippen molar-refractivity contribution in [1.29, 1.82) is 0 Å². The summed E-state index contributed by atoms with van der Waals surface area (Å²) in [4.78, 5) is 0. The van der Waals surface area contributed by atoms with E-state index in [2.05, 4.69) is 20.8 Å². The summed E-state index contributed by atoms with van der Waals surface area (Å²) in [5.74, 6) is 0. The van der Waals surface area contributed by atoms with E-state index >= 15 is 0 Å². The van der Waals surface area contributed by atoms with Crippen molar-refractivity contribution in [2.24, 2.45) is 0 Å². The first-order chi connectivity index (χ1) is 5.35. The van der Waals surface area contributed by atoms with Crippen LogP contribution in [0.2, 0.25) is 0 Å². The Morgan fingerprint density at radius 3 is 2.55 bits per heavy atom. The molecule has 1 heteroatoms. The predicted octanol–water partition coefficient (Wildman–Crippen LogP) is 3.20. The summed E-state index contributed by atoms with van der Waals surface area (Å²) in [6, 6.07) is 0. The molecule has 0 aliphatic rings. The van der Waals surface area contributed by atoms with E-state index in [-0.39, 0.29) is 0 Å². The van der Waals surface area contributed by atoms with E-state index in [4.69, 9.17) is 4.74 Å². The van der Waals surface area contributed by atoms with Gasteiger partial charge in [-0.1, -0.05) is 33.6 Å². The van der Waals surface area contributed by atoms with Crippen LogP contribution in [0.3, 0.4) is 0 Å². The maximum absolute atomic E-state index is 5.63. The van der Waals surface area contributed by atoms with Crippen molar-refractivity contribution >= 4 is 0 Å². The number of unbranched alkanes of at least 4 members (excludes halogenated alkanes) is 1. The Labute approximate surface area is 71.1 Å². The van der Waals surface area contributed by atoms with Gasteiger partial charge in [0, 0.05) is 6.61 Å². The second-order valence-electron chi connectivity index (χ2n) is 2.90. The highest BCUT2D eigenvalue weighted by atomic mass is 16.5. The van der Waals surface area contributed by atoms with Crippen molar-refractivity contribution in [3.05, 3.63) is 6.92 Å². The predicted molar refractivity (Wildman–Crippen MR) is 49.5 cm³/mol. The van der Waals surface area contributed by atoms with Crippen LogP contribution in [0.25, 0.3) is 0 Å². The van der Waals surface area contributed by atoms with E-state index in [0.29, 0.717) is 6.10 Å². The molecule has 0 spiro atoms. The summed E-state index contributed by atoms with van der Waals surface area (Å²) in [7, 11) is 0. The molecule has 0 fully saturated rings. The van der Waals surface area contributed by atoms with Gasteiger partial charge in [0.2, 0.25) is 0 Å². The molecule has 0 rings (SSSR count). The number of rotatable bonds is 7. The van der Waals surface area contributed by atoms with Crippen LogP contribution in [0.5, 0.6) is 0 Å². The minimum Gasteiger partial charge on any atom is -0.378 e. The lowest BCUT2D eigenvalue weighted by Crippen LogP contribution is -2.11. The average molecular weight is 157 g/mol. The molecule has 0 aliphatic heterocycles. The summed E-state index contributed by atoms with van der Waals surface area (Å²) in [5, 5.41) is 0. The van der Waals surface area contributed by atoms with Gasteiger partial charge in [-0.15, -0.1) is 0 Å². The molecule has 0 aromatic rings. The zero-order valence-corrected chi connectivity index (χ0v) is 7.94. The molecule has 1 nitrogen and oxygen atoms in total. The Bertz CT molecular complexity index is 71.3. The third-order valence-corrected chi connectivity index (χ3v) is 1.81. The largest absolute Gasteiger partial charge is 0.378 e. The summed E-state index contributed by atoms with van der Waals surface area (Å²) in [6.45, 7) is 9.05. The molecule has 0 N–H and O–H groups in total. The number of hydrogen-bond acceptors (Lipinski definition) is 1. The molecule has 0 aromatic carbocycles. The molecule has 1 atom stereocenters. The van der Waals surface area contributed by atoms with Gasteiger partial charge in [0.25, 0.3) is 0 Å². The molecule has 0 aliphatic carbocycles. The third kappa shape index (κ3) is 6.36. The van der Waals surface area contributed by atoms with E-state index in [9.17, 15) is 0 Å². The molecule has 0 amide bonds. The first-order valence-corrected chi connectivity index (χ1v) is 4.76. The molecule has 0 saturated heterocycles. The van der Waals surface area contributed by atoms with Crippen LogP contribution in [0.4, 0.5) is 0 Å².